The molecule has 2 heteroatoms. The molecule has 0 unspecified atom stereocenters. The highest BCUT2D eigenvalue weighted by atomic mass is 32.1. The molecule has 0 aliphatic rings. The number of hydrogen-bond acceptors (Lipinski definition) is 2. The highest BCUT2D eigenvalue weighted by Gasteiger charge is 2.03. The topological polar surface area (TPSA) is 9.23 Å². The normalized spacial score (nSPS) is 10.1. The summed E-state index contributed by atoms with van der Waals surface area (Å²) < 4.78 is 5.20. The van der Waals surface area contributed by atoms with Crippen LogP contribution in [0, 0.1) is 6.92 Å². The molecule has 0 aliphatic carbocycles. The van der Waals surface area contributed by atoms with Crippen molar-refractivity contribution >= 4 is 11.3 Å². The van der Waals surface area contributed by atoms with Crippen molar-refractivity contribution in [1.82, 2.24) is 0 Å². The minimum atomic E-state index is 0.912. The second-order valence-corrected chi connectivity index (χ2v) is 4.08. The van der Waals surface area contributed by atoms with Crippen LogP contribution in [0.1, 0.15) is 5.56 Å². The molecule has 0 N–H and O–H groups in total. The summed E-state index contributed by atoms with van der Waals surface area (Å²) in [7, 11) is 1.69. The molecule has 0 radical (unpaired) electrons. The number of rotatable bonds is 2. The summed E-state index contributed by atoms with van der Waals surface area (Å²) in [6.07, 6.45) is 0. The molecular formula is C12H12OS. The number of benzene rings is 1. The van der Waals surface area contributed by atoms with Gasteiger partial charge in [-0.25, -0.2) is 0 Å². The molecule has 2 aromatic rings. The van der Waals surface area contributed by atoms with Crippen molar-refractivity contribution in [3.8, 4) is 16.2 Å². The average Bonchev–Trinajstić information content (AvgIpc) is 2.65. The third-order valence-electron chi connectivity index (χ3n) is 2.19. The van der Waals surface area contributed by atoms with Crippen molar-refractivity contribution < 1.29 is 4.74 Å². The van der Waals surface area contributed by atoms with Crippen molar-refractivity contribution in [1.29, 1.82) is 0 Å². The summed E-state index contributed by atoms with van der Waals surface area (Å²) in [4.78, 5) is 1.32. The molecule has 0 aliphatic heterocycles. The first-order chi connectivity index (χ1) is 6.81. The van der Waals surface area contributed by atoms with Crippen LogP contribution < -0.4 is 4.74 Å². The first-order valence-corrected chi connectivity index (χ1v) is 5.38. The SMILES string of the molecule is COc1cccc(-c2sccc2C)c1. The summed E-state index contributed by atoms with van der Waals surface area (Å²) >= 11 is 1.77. The number of methoxy groups -OCH3 is 1. The Morgan fingerprint density at radius 3 is 2.71 bits per heavy atom. The van der Waals surface area contributed by atoms with E-state index in [1.807, 2.05) is 12.1 Å². The van der Waals surface area contributed by atoms with Crippen LogP contribution in [0.15, 0.2) is 35.7 Å². The minimum Gasteiger partial charge on any atom is -0.497 e. The molecule has 0 saturated carbocycles. The van der Waals surface area contributed by atoms with E-state index in [1.165, 1.54) is 16.0 Å². The molecule has 0 fully saturated rings. The maximum Gasteiger partial charge on any atom is 0.119 e. The summed E-state index contributed by atoms with van der Waals surface area (Å²) in [5.74, 6) is 0.912. The van der Waals surface area contributed by atoms with Crippen molar-refractivity contribution in [3.05, 3.63) is 41.3 Å². The van der Waals surface area contributed by atoms with E-state index in [0.717, 1.165) is 5.75 Å². The van der Waals surface area contributed by atoms with Gasteiger partial charge in [-0.05, 0) is 41.6 Å². The van der Waals surface area contributed by atoms with Crippen LogP contribution in [0.25, 0.3) is 10.4 Å². The third kappa shape index (κ3) is 1.66. The maximum atomic E-state index is 5.20. The molecule has 72 valence electrons. The van der Waals surface area contributed by atoms with E-state index in [1.54, 1.807) is 18.4 Å². The van der Waals surface area contributed by atoms with Crippen LogP contribution in [0.5, 0.6) is 5.75 Å². The van der Waals surface area contributed by atoms with Gasteiger partial charge in [0, 0.05) is 4.88 Å². The quantitative estimate of drug-likeness (QED) is 0.724. The Bertz CT molecular complexity index is 431. The van der Waals surface area contributed by atoms with Gasteiger partial charge in [0.05, 0.1) is 7.11 Å². The van der Waals surface area contributed by atoms with Crippen LogP contribution >= 0.6 is 11.3 Å². The zero-order valence-electron chi connectivity index (χ0n) is 8.28. The molecule has 1 nitrogen and oxygen atoms in total. The van der Waals surface area contributed by atoms with Gasteiger partial charge in [0.1, 0.15) is 5.75 Å². The van der Waals surface area contributed by atoms with Gasteiger partial charge in [0.2, 0.25) is 0 Å². The molecule has 14 heavy (non-hydrogen) atoms. The van der Waals surface area contributed by atoms with Gasteiger partial charge in [0.15, 0.2) is 0 Å². The molecule has 1 aromatic carbocycles. The predicted octanol–water partition coefficient (Wildman–Crippen LogP) is 3.73. The minimum absolute atomic E-state index is 0.912. The molecule has 0 amide bonds. The lowest BCUT2D eigenvalue weighted by molar-refractivity contribution is 0.415. The Labute approximate surface area is 88.0 Å². The summed E-state index contributed by atoms with van der Waals surface area (Å²) in [5, 5.41) is 2.12. The van der Waals surface area contributed by atoms with E-state index < -0.39 is 0 Å². The smallest absolute Gasteiger partial charge is 0.119 e. The Morgan fingerprint density at radius 2 is 2.07 bits per heavy atom. The Kier molecular flexibility index (Phi) is 2.55. The molecule has 0 saturated heterocycles. The molecule has 0 atom stereocenters. The zero-order chi connectivity index (χ0) is 9.97. The maximum absolute atomic E-state index is 5.20. The first kappa shape index (κ1) is 9.28. The Balaban J connectivity index is 2.47. The Hall–Kier alpha value is -1.28. The van der Waals surface area contributed by atoms with E-state index in [0.29, 0.717) is 0 Å². The molecule has 2 rings (SSSR count). The van der Waals surface area contributed by atoms with Gasteiger partial charge >= 0.3 is 0 Å². The van der Waals surface area contributed by atoms with E-state index in [9.17, 15) is 0 Å². The van der Waals surface area contributed by atoms with Gasteiger partial charge in [-0.2, -0.15) is 0 Å². The van der Waals surface area contributed by atoms with Crippen LogP contribution in [0.4, 0.5) is 0 Å². The first-order valence-electron chi connectivity index (χ1n) is 4.50. The van der Waals surface area contributed by atoms with E-state index >= 15 is 0 Å². The van der Waals surface area contributed by atoms with E-state index in [-0.39, 0.29) is 0 Å². The lowest BCUT2D eigenvalue weighted by atomic mass is 10.1. The van der Waals surface area contributed by atoms with Crippen LogP contribution in [0.3, 0.4) is 0 Å². The fourth-order valence-electron chi connectivity index (χ4n) is 1.43. The predicted molar refractivity (Wildman–Crippen MR) is 61.0 cm³/mol. The summed E-state index contributed by atoms with van der Waals surface area (Å²) in [6, 6.07) is 10.3. The molecule has 1 aromatic heterocycles. The monoisotopic (exact) mass is 204 g/mol. The van der Waals surface area contributed by atoms with Gasteiger partial charge in [-0.15, -0.1) is 11.3 Å². The van der Waals surface area contributed by atoms with Crippen LogP contribution in [0.2, 0.25) is 0 Å². The fraction of sp³-hybridized carbons (Fsp3) is 0.167. The summed E-state index contributed by atoms with van der Waals surface area (Å²) in [6.45, 7) is 2.13. The van der Waals surface area contributed by atoms with Crippen molar-refractivity contribution in [3.63, 3.8) is 0 Å². The fourth-order valence-corrected chi connectivity index (χ4v) is 2.36. The van der Waals surface area contributed by atoms with Gasteiger partial charge in [-0.3, -0.25) is 0 Å². The lowest BCUT2D eigenvalue weighted by Gasteiger charge is -2.03. The molecular weight excluding hydrogens is 192 g/mol. The second-order valence-electron chi connectivity index (χ2n) is 3.16. The average molecular weight is 204 g/mol. The number of aryl methyl sites for hydroxylation is 1. The highest BCUT2D eigenvalue weighted by molar-refractivity contribution is 7.13. The highest BCUT2D eigenvalue weighted by Crippen LogP contribution is 2.30. The number of thiophene rings is 1. The number of ether oxygens (including phenoxy) is 1. The number of hydrogen-bond donors (Lipinski definition) is 0. The second kappa shape index (κ2) is 3.84. The van der Waals surface area contributed by atoms with Crippen molar-refractivity contribution in [2.24, 2.45) is 0 Å². The van der Waals surface area contributed by atoms with E-state index in [4.69, 9.17) is 4.74 Å². The molecule has 0 bridgehead atoms. The van der Waals surface area contributed by atoms with Crippen molar-refractivity contribution in [2.75, 3.05) is 7.11 Å². The van der Waals surface area contributed by atoms with Crippen LogP contribution in [-0.2, 0) is 0 Å². The third-order valence-corrected chi connectivity index (χ3v) is 3.26. The molecule has 1 heterocycles. The largest absolute Gasteiger partial charge is 0.497 e. The lowest BCUT2D eigenvalue weighted by Crippen LogP contribution is -1.82. The van der Waals surface area contributed by atoms with Crippen LogP contribution in [-0.4, -0.2) is 7.11 Å². The zero-order valence-corrected chi connectivity index (χ0v) is 9.10. The van der Waals surface area contributed by atoms with Gasteiger partial charge in [-0.1, -0.05) is 12.1 Å². The van der Waals surface area contributed by atoms with Gasteiger partial charge < -0.3 is 4.74 Å². The standard InChI is InChI=1S/C12H12OS/c1-9-6-7-14-12(9)10-4-3-5-11(8-10)13-2/h3-8H,1-2H3. The van der Waals surface area contributed by atoms with Crippen molar-refractivity contribution in [2.45, 2.75) is 6.92 Å². The Morgan fingerprint density at radius 1 is 1.21 bits per heavy atom. The summed E-state index contributed by atoms with van der Waals surface area (Å²) in [5.41, 5.74) is 2.56. The molecule has 0 spiro atoms. The van der Waals surface area contributed by atoms with E-state index in [2.05, 4.69) is 30.5 Å². The van der Waals surface area contributed by atoms with Gasteiger partial charge in [0.25, 0.3) is 0 Å².